The second-order valence-corrected chi connectivity index (χ2v) is 6.92. The fourth-order valence-electron chi connectivity index (χ4n) is 3.59. The van der Waals surface area contributed by atoms with Gasteiger partial charge in [0, 0.05) is 6.04 Å². The maximum Gasteiger partial charge on any atom is 0.0297 e. The van der Waals surface area contributed by atoms with Gasteiger partial charge in [0.15, 0.2) is 0 Å². The van der Waals surface area contributed by atoms with Crippen LogP contribution in [-0.4, -0.2) is 5.48 Å². The van der Waals surface area contributed by atoms with Gasteiger partial charge in [0.1, 0.15) is 0 Å². The lowest BCUT2D eigenvalue weighted by Gasteiger charge is -2.18. The molecule has 0 amide bonds. The van der Waals surface area contributed by atoms with Crippen molar-refractivity contribution in [1.82, 2.24) is 0 Å². The molecule has 0 saturated heterocycles. The van der Waals surface area contributed by atoms with Crippen LogP contribution in [0.4, 0.5) is 0 Å². The standard InChI is InChI=1S/C22H39N.H2O/c1-4-7-8-9-10-11-12-13-14-18-22(23)21-17-15-16-19(5-2)20(21)6-3;/h15-17,22H,4-14,18,23H2,1-3H3;1H2. The van der Waals surface area contributed by atoms with E-state index < -0.39 is 0 Å². The highest BCUT2D eigenvalue weighted by Gasteiger charge is 2.12. The molecule has 24 heavy (non-hydrogen) atoms. The number of unbranched alkanes of at least 4 members (excludes halogenated alkanes) is 8. The lowest BCUT2D eigenvalue weighted by atomic mass is 9.91. The van der Waals surface area contributed by atoms with Crippen molar-refractivity contribution >= 4 is 0 Å². The summed E-state index contributed by atoms with van der Waals surface area (Å²) in [4.78, 5) is 0. The Labute approximate surface area is 150 Å². The van der Waals surface area contributed by atoms with Gasteiger partial charge in [-0.1, -0.05) is 96.8 Å². The Kier molecular flexibility index (Phi) is 14.0. The Balaban J connectivity index is 0.00000529. The number of nitrogens with two attached hydrogens (primary N) is 1. The van der Waals surface area contributed by atoms with Crippen molar-refractivity contribution in [1.29, 1.82) is 0 Å². The van der Waals surface area contributed by atoms with Crippen molar-refractivity contribution in [2.24, 2.45) is 5.73 Å². The van der Waals surface area contributed by atoms with Gasteiger partial charge in [0.05, 0.1) is 0 Å². The summed E-state index contributed by atoms with van der Waals surface area (Å²) >= 11 is 0. The number of hydrogen-bond donors (Lipinski definition) is 1. The minimum atomic E-state index is 0. The normalized spacial score (nSPS) is 12.0. The summed E-state index contributed by atoms with van der Waals surface area (Å²) < 4.78 is 0. The zero-order valence-corrected chi connectivity index (χ0v) is 16.4. The first kappa shape index (κ1) is 23.1. The van der Waals surface area contributed by atoms with Crippen molar-refractivity contribution in [2.75, 3.05) is 0 Å². The summed E-state index contributed by atoms with van der Waals surface area (Å²) in [6.07, 6.45) is 15.8. The summed E-state index contributed by atoms with van der Waals surface area (Å²) in [5, 5.41) is 0. The largest absolute Gasteiger partial charge is 0.412 e. The lowest BCUT2D eigenvalue weighted by Crippen LogP contribution is -2.13. The number of rotatable bonds is 13. The van der Waals surface area contributed by atoms with E-state index in [1.54, 1.807) is 0 Å². The van der Waals surface area contributed by atoms with Crippen LogP contribution in [0.3, 0.4) is 0 Å². The maximum atomic E-state index is 6.49. The summed E-state index contributed by atoms with van der Waals surface area (Å²) in [6.45, 7) is 6.77. The van der Waals surface area contributed by atoms with Crippen LogP contribution >= 0.6 is 0 Å². The van der Waals surface area contributed by atoms with E-state index in [0.29, 0.717) is 0 Å². The third-order valence-electron chi connectivity index (χ3n) is 5.06. The maximum absolute atomic E-state index is 6.49. The molecule has 4 N–H and O–H groups in total. The molecule has 2 nitrogen and oxygen atoms in total. The molecule has 1 aromatic rings. The van der Waals surface area contributed by atoms with Crippen LogP contribution in [0.25, 0.3) is 0 Å². The quantitative estimate of drug-likeness (QED) is 0.448. The van der Waals surface area contributed by atoms with Gasteiger partial charge >= 0.3 is 0 Å². The van der Waals surface area contributed by atoms with Crippen LogP contribution in [0.1, 0.15) is 108 Å². The first-order valence-electron chi connectivity index (χ1n) is 10.1. The Bertz CT molecular complexity index is 416. The zero-order chi connectivity index (χ0) is 16.9. The Morgan fingerprint density at radius 3 is 1.92 bits per heavy atom. The Morgan fingerprint density at radius 1 is 0.792 bits per heavy atom. The molecule has 0 aromatic heterocycles. The van der Waals surface area contributed by atoms with Gasteiger partial charge < -0.3 is 11.2 Å². The smallest absolute Gasteiger partial charge is 0.0297 e. The van der Waals surface area contributed by atoms with Crippen molar-refractivity contribution in [3.63, 3.8) is 0 Å². The summed E-state index contributed by atoms with van der Waals surface area (Å²) in [5.74, 6) is 0. The third-order valence-corrected chi connectivity index (χ3v) is 5.06. The van der Waals surface area contributed by atoms with Crippen molar-refractivity contribution in [3.05, 3.63) is 34.9 Å². The first-order chi connectivity index (χ1) is 11.2. The van der Waals surface area contributed by atoms with E-state index in [0.717, 1.165) is 19.3 Å². The molecule has 1 unspecified atom stereocenters. The highest BCUT2D eigenvalue weighted by Crippen LogP contribution is 2.25. The van der Waals surface area contributed by atoms with Crippen LogP contribution in [0.2, 0.25) is 0 Å². The number of hydrogen-bond acceptors (Lipinski definition) is 1. The first-order valence-corrected chi connectivity index (χ1v) is 10.1. The molecule has 0 fully saturated rings. The second-order valence-electron chi connectivity index (χ2n) is 6.92. The average Bonchev–Trinajstić information content (AvgIpc) is 2.59. The van der Waals surface area contributed by atoms with Crippen LogP contribution in [0.5, 0.6) is 0 Å². The van der Waals surface area contributed by atoms with Gasteiger partial charge in [0.2, 0.25) is 0 Å². The van der Waals surface area contributed by atoms with Crippen LogP contribution in [-0.2, 0) is 12.8 Å². The zero-order valence-electron chi connectivity index (χ0n) is 16.4. The molecule has 0 heterocycles. The van der Waals surface area contributed by atoms with Crippen LogP contribution < -0.4 is 5.73 Å². The van der Waals surface area contributed by atoms with Gasteiger partial charge in [-0.25, -0.2) is 0 Å². The molecule has 140 valence electrons. The SMILES string of the molecule is CCCCCCCCCCCC(N)c1cccc(CC)c1CC.O. The third kappa shape index (κ3) is 8.30. The highest BCUT2D eigenvalue weighted by atomic mass is 16.0. The van der Waals surface area contributed by atoms with E-state index >= 15 is 0 Å². The molecule has 0 bridgehead atoms. The summed E-state index contributed by atoms with van der Waals surface area (Å²) in [7, 11) is 0. The minimum absolute atomic E-state index is 0. The molecule has 0 saturated carbocycles. The molecule has 1 aromatic carbocycles. The summed E-state index contributed by atoms with van der Waals surface area (Å²) in [5.41, 5.74) is 10.9. The van der Waals surface area contributed by atoms with Crippen LogP contribution in [0, 0.1) is 0 Å². The molecule has 0 aliphatic carbocycles. The minimum Gasteiger partial charge on any atom is -0.412 e. The van der Waals surface area contributed by atoms with Gasteiger partial charge in [0.25, 0.3) is 0 Å². The molecule has 0 spiro atoms. The van der Waals surface area contributed by atoms with E-state index in [1.165, 1.54) is 74.5 Å². The Hall–Kier alpha value is -0.860. The van der Waals surface area contributed by atoms with Gasteiger partial charge in [-0.05, 0) is 36.0 Å². The lowest BCUT2D eigenvalue weighted by molar-refractivity contribution is 0.531. The molecule has 1 rings (SSSR count). The van der Waals surface area contributed by atoms with E-state index in [4.69, 9.17) is 5.73 Å². The van der Waals surface area contributed by atoms with Gasteiger partial charge in [-0.2, -0.15) is 0 Å². The molecule has 0 aliphatic rings. The van der Waals surface area contributed by atoms with E-state index in [1.807, 2.05) is 0 Å². The molecular weight excluding hydrogens is 294 g/mol. The fourth-order valence-corrected chi connectivity index (χ4v) is 3.59. The summed E-state index contributed by atoms with van der Waals surface area (Å²) in [6, 6.07) is 6.91. The van der Waals surface area contributed by atoms with Crippen molar-refractivity contribution in [3.8, 4) is 0 Å². The Morgan fingerprint density at radius 2 is 1.38 bits per heavy atom. The van der Waals surface area contributed by atoms with E-state index in [-0.39, 0.29) is 11.5 Å². The van der Waals surface area contributed by atoms with Gasteiger partial charge in [-0.15, -0.1) is 0 Å². The molecule has 0 aliphatic heterocycles. The number of benzene rings is 1. The highest BCUT2D eigenvalue weighted by molar-refractivity contribution is 5.37. The van der Waals surface area contributed by atoms with Crippen molar-refractivity contribution < 1.29 is 5.48 Å². The molecular formula is C22H41NO. The molecule has 1 atom stereocenters. The predicted molar refractivity (Wildman–Crippen MR) is 108 cm³/mol. The van der Waals surface area contributed by atoms with Crippen molar-refractivity contribution in [2.45, 2.75) is 104 Å². The average molecular weight is 336 g/mol. The monoisotopic (exact) mass is 335 g/mol. The van der Waals surface area contributed by atoms with Crippen LogP contribution in [0.15, 0.2) is 18.2 Å². The van der Waals surface area contributed by atoms with E-state index in [2.05, 4.69) is 39.0 Å². The van der Waals surface area contributed by atoms with E-state index in [9.17, 15) is 0 Å². The fraction of sp³-hybridized carbons (Fsp3) is 0.727. The molecule has 0 radical (unpaired) electrons. The topological polar surface area (TPSA) is 57.5 Å². The second kappa shape index (κ2) is 14.5. The molecule has 2 heteroatoms. The van der Waals surface area contributed by atoms with Gasteiger partial charge in [-0.3, -0.25) is 0 Å². The number of aryl methyl sites for hydroxylation is 1. The predicted octanol–water partition coefficient (Wildman–Crippen LogP) is 5.91.